The fourth-order valence-electron chi connectivity index (χ4n) is 1.75. The summed E-state index contributed by atoms with van der Waals surface area (Å²) in [6.45, 7) is 3.98. The number of para-hydroxylation sites is 2. The van der Waals surface area contributed by atoms with Crippen molar-refractivity contribution in [1.29, 1.82) is 0 Å². The van der Waals surface area contributed by atoms with Gasteiger partial charge in [0.05, 0.1) is 11.8 Å². The van der Waals surface area contributed by atoms with Crippen LogP contribution in [0.25, 0.3) is 0 Å². The zero-order valence-electron chi connectivity index (χ0n) is 11.9. The minimum atomic E-state index is -0.487. The molecular formula is C17H16N2O3. The van der Waals surface area contributed by atoms with E-state index in [0.717, 1.165) is 5.56 Å². The number of carbonyl (C=O) groups is 1. The number of rotatable bonds is 6. The number of phenolic OH excluding ortho intramolecular Hbond substituents is 1. The Morgan fingerprint density at radius 2 is 1.95 bits per heavy atom. The SMILES string of the molecule is C=CCOc1ccccc1/C=N/NC(=O)c1ccccc1O. The number of hydrogen-bond acceptors (Lipinski definition) is 4. The number of phenols is 1. The van der Waals surface area contributed by atoms with E-state index in [1.54, 1.807) is 24.3 Å². The molecule has 0 bridgehead atoms. The summed E-state index contributed by atoms with van der Waals surface area (Å²) in [5, 5.41) is 13.5. The van der Waals surface area contributed by atoms with Gasteiger partial charge in [-0.3, -0.25) is 4.79 Å². The maximum Gasteiger partial charge on any atom is 0.275 e. The van der Waals surface area contributed by atoms with E-state index in [1.165, 1.54) is 18.3 Å². The zero-order chi connectivity index (χ0) is 15.8. The Labute approximate surface area is 128 Å². The highest BCUT2D eigenvalue weighted by molar-refractivity contribution is 5.97. The van der Waals surface area contributed by atoms with Crippen molar-refractivity contribution in [2.75, 3.05) is 6.61 Å². The van der Waals surface area contributed by atoms with Crippen LogP contribution < -0.4 is 10.2 Å². The van der Waals surface area contributed by atoms with Gasteiger partial charge in [-0.25, -0.2) is 5.43 Å². The van der Waals surface area contributed by atoms with Crippen molar-refractivity contribution < 1.29 is 14.6 Å². The molecule has 0 unspecified atom stereocenters. The molecule has 0 saturated heterocycles. The zero-order valence-corrected chi connectivity index (χ0v) is 11.9. The number of ether oxygens (including phenoxy) is 1. The number of amides is 1. The largest absolute Gasteiger partial charge is 0.507 e. The topological polar surface area (TPSA) is 70.9 Å². The number of nitrogens with one attached hydrogen (secondary N) is 1. The normalized spacial score (nSPS) is 10.4. The van der Waals surface area contributed by atoms with Crippen molar-refractivity contribution in [3.63, 3.8) is 0 Å². The van der Waals surface area contributed by atoms with Gasteiger partial charge in [0.25, 0.3) is 5.91 Å². The maximum atomic E-state index is 11.9. The predicted octanol–water partition coefficient (Wildman–Crippen LogP) is 2.72. The third kappa shape index (κ3) is 3.96. The molecule has 2 aromatic carbocycles. The molecule has 1 amide bonds. The van der Waals surface area contributed by atoms with Crippen LogP contribution in [-0.4, -0.2) is 23.8 Å². The van der Waals surface area contributed by atoms with Crippen LogP contribution in [-0.2, 0) is 0 Å². The second-order valence-electron chi connectivity index (χ2n) is 4.35. The van der Waals surface area contributed by atoms with Gasteiger partial charge in [0.1, 0.15) is 18.1 Å². The van der Waals surface area contributed by atoms with Gasteiger partial charge in [-0.2, -0.15) is 5.10 Å². The molecule has 0 spiro atoms. The Balaban J connectivity index is 2.05. The van der Waals surface area contributed by atoms with Crippen LogP contribution >= 0.6 is 0 Å². The molecule has 2 aromatic rings. The first kappa shape index (κ1) is 15.3. The second-order valence-corrected chi connectivity index (χ2v) is 4.35. The quantitative estimate of drug-likeness (QED) is 0.489. The standard InChI is InChI=1S/C17H16N2O3/c1-2-11-22-16-10-6-3-7-13(16)12-18-19-17(21)14-8-4-5-9-15(14)20/h2-10,12,20H,1,11H2,(H,19,21)/b18-12+. The molecule has 0 radical (unpaired) electrons. The van der Waals surface area contributed by atoms with Gasteiger partial charge in [0, 0.05) is 5.56 Å². The summed E-state index contributed by atoms with van der Waals surface area (Å²) in [6.07, 6.45) is 3.13. The van der Waals surface area contributed by atoms with E-state index < -0.39 is 5.91 Å². The van der Waals surface area contributed by atoms with Gasteiger partial charge in [-0.05, 0) is 24.3 Å². The Bertz CT molecular complexity index is 696. The summed E-state index contributed by atoms with van der Waals surface area (Å²) in [5.74, 6) is 0.0618. The first-order valence-electron chi connectivity index (χ1n) is 6.66. The van der Waals surface area contributed by atoms with Crippen molar-refractivity contribution in [3.05, 3.63) is 72.3 Å². The molecule has 5 nitrogen and oxygen atoms in total. The molecule has 112 valence electrons. The Hall–Kier alpha value is -3.08. The molecule has 0 saturated carbocycles. The van der Waals surface area contributed by atoms with E-state index in [9.17, 15) is 9.90 Å². The van der Waals surface area contributed by atoms with Crippen molar-refractivity contribution in [1.82, 2.24) is 5.43 Å². The average molecular weight is 296 g/mol. The van der Waals surface area contributed by atoms with Gasteiger partial charge >= 0.3 is 0 Å². The molecule has 5 heteroatoms. The van der Waals surface area contributed by atoms with Crippen molar-refractivity contribution in [2.24, 2.45) is 5.10 Å². The minimum Gasteiger partial charge on any atom is -0.507 e. The smallest absolute Gasteiger partial charge is 0.275 e. The van der Waals surface area contributed by atoms with Crippen LogP contribution in [0.4, 0.5) is 0 Å². The first-order valence-corrected chi connectivity index (χ1v) is 6.66. The van der Waals surface area contributed by atoms with Gasteiger partial charge in [-0.1, -0.05) is 36.9 Å². The van der Waals surface area contributed by atoms with Gasteiger partial charge in [0.2, 0.25) is 0 Å². The van der Waals surface area contributed by atoms with Crippen LogP contribution in [0.1, 0.15) is 15.9 Å². The molecule has 0 atom stereocenters. The molecule has 0 aliphatic heterocycles. The average Bonchev–Trinajstić information content (AvgIpc) is 2.54. The minimum absolute atomic E-state index is 0.0927. The van der Waals surface area contributed by atoms with E-state index in [0.29, 0.717) is 12.4 Å². The van der Waals surface area contributed by atoms with Crippen LogP contribution in [0.2, 0.25) is 0 Å². The molecule has 2 N–H and O–H groups in total. The predicted molar refractivity (Wildman–Crippen MR) is 85.3 cm³/mol. The fraction of sp³-hybridized carbons (Fsp3) is 0.0588. The summed E-state index contributed by atoms with van der Waals surface area (Å²) >= 11 is 0. The number of hydrazone groups is 1. The second kappa shape index (κ2) is 7.64. The number of carbonyl (C=O) groups excluding carboxylic acids is 1. The van der Waals surface area contributed by atoms with E-state index in [2.05, 4.69) is 17.1 Å². The van der Waals surface area contributed by atoms with E-state index in [-0.39, 0.29) is 11.3 Å². The summed E-state index contributed by atoms with van der Waals surface area (Å²) in [5.41, 5.74) is 3.25. The lowest BCUT2D eigenvalue weighted by molar-refractivity contribution is 0.0952. The van der Waals surface area contributed by atoms with Crippen LogP contribution in [0.3, 0.4) is 0 Å². The third-order valence-corrected chi connectivity index (χ3v) is 2.79. The number of hydrogen-bond donors (Lipinski definition) is 2. The number of benzene rings is 2. The summed E-state index contributed by atoms with van der Waals surface area (Å²) < 4.78 is 5.49. The summed E-state index contributed by atoms with van der Waals surface area (Å²) in [6, 6.07) is 13.6. The number of aromatic hydroxyl groups is 1. The first-order chi connectivity index (χ1) is 10.7. The number of nitrogens with zero attached hydrogens (tertiary/aromatic N) is 1. The van der Waals surface area contributed by atoms with E-state index >= 15 is 0 Å². The summed E-state index contributed by atoms with van der Waals surface area (Å²) in [4.78, 5) is 11.9. The lowest BCUT2D eigenvalue weighted by Gasteiger charge is -2.06. The van der Waals surface area contributed by atoms with Gasteiger partial charge < -0.3 is 9.84 Å². The summed E-state index contributed by atoms with van der Waals surface area (Å²) in [7, 11) is 0. The fourth-order valence-corrected chi connectivity index (χ4v) is 1.75. The molecular weight excluding hydrogens is 280 g/mol. The van der Waals surface area contributed by atoms with Crippen LogP contribution in [0.5, 0.6) is 11.5 Å². The Morgan fingerprint density at radius 1 is 1.23 bits per heavy atom. The van der Waals surface area contributed by atoms with Crippen molar-refractivity contribution >= 4 is 12.1 Å². The Kier molecular flexibility index (Phi) is 5.31. The molecule has 0 aromatic heterocycles. The molecule has 0 heterocycles. The van der Waals surface area contributed by atoms with Gasteiger partial charge in [-0.15, -0.1) is 0 Å². The highest BCUT2D eigenvalue weighted by atomic mass is 16.5. The van der Waals surface area contributed by atoms with Crippen molar-refractivity contribution in [3.8, 4) is 11.5 Å². The maximum absolute atomic E-state index is 11.9. The lowest BCUT2D eigenvalue weighted by atomic mass is 10.2. The monoisotopic (exact) mass is 296 g/mol. The highest BCUT2D eigenvalue weighted by Gasteiger charge is 2.08. The molecule has 0 fully saturated rings. The lowest BCUT2D eigenvalue weighted by Crippen LogP contribution is -2.17. The van der Waals surface area contributed by atoms with Crippen LogP contribution in [0.15, 0.2) is 66.3 Å². The van der Waals surface area contributed by atoms with E-state index in [1.807, 2.05) is 18.2 Å². The molecule has 0 aliphatic carbocycles. The third-order valence-electron chi connectivity index (χ3n) is 2.79. The highest BCUT2D eigenvalue weighted by Crippen LogP contribution is 2.16. The molecule has 0 aliphatic rings. The van der Waals surface area contributed by atoms with Crippen molar-refractivity contribution in [2.45, 2.75) is 0 Å². The van der Waals surface area contributed by atoms with Crippen LogP contribution in [0, 0.1) is 0 Å². The van der Waals surface area contributed by atoms with E-state index in [4.69, 9.17) is 4.74 Å². The molecule has 22 heavy (non-hydrogen) atoms. The van der Waals surface area contributed by atoms with Gasteiger partial charge in [0.15, 0.2) is 0 Å². The Morgan fingerprint density at radius 3 is 2.73 bits per heavy atom. The molecule has 2 rings (SSSR count).